The number of likely N-dealkylation sites (tertiary alicyclic amines) is 1. The quantitative estimate of drug-likeness (QED) is 0.813. The van der Waals surface area contributed by atoms with E-state index >= 15 is 0 Å². The van der Waals surface area contributed by atoms with E-state index in [4.69, 9.17) is 9.47 Å². The highest BCUT2D eigenvalue weighted by Crippen LogP contribution is 2.28. The Morgan fingerprint density at radius 1 is 1.11 bits per heavy atom. The number of hydrogen-bond donors (Lipinski definition) is 0. The Kier molecular flexibility index (Phi) is 5.60. The van der Waals surface area contributed by atoms with Crippen LogP contribution < -0.4 is 4.74 Å². The number of methoxy groups -OCH3 is 1. The third-order valence-corrected chi connectivity index (χ3v) is 5.69. The fourth-order valence-electron chi connectivity index (χ4n) is 4.06. The van der Waals surface area contributed by atoms with Gasteiger partial charge < -0.3 is 14.4 Å². The van der Waals surface area contributed by atoms with Crippen LogP contribution in [0.3, 0.4) is 0 Å². The molecule has 2 aromatic carbocycles. The van der Waals surface area contributed by atoms with Gasteiger partial charge in [-0.15, -0.1) is 0 Å². The maximum absolute atomic E-state index is 12.3. The fourth-order valence-corrected chi connectivity index (χ4v) is 4.06. The Morgan fingerprint density at radius 2 is 1.89 bits per heavy atom. The molecule has 4 rings (SSSR count). The van der Waals surface area contributed by atoms with Crippen LogP contribution in [-0.2, 0) is 9.53 Å². The highest BCUT2D eigenvalue weighted by atomic mass is 16.5. The summed E-state index contributed by atoms with van der Waals surface area (Å²) < 4.78 is 11.3. The molecule has 2 aromatic rings. The van der Waals surface area contributed by atoms with Crippen molar-refractivity contribution in [3.05, 3.63) is 42.0 Å². The number of morpholine rings is 1. The van der Waals surface area contributed by atoms with Crippen molar-refractivity contribution >= 4 is 16.7 Å². The van der Waals surface area contributed by atoms with Gasteiger partial charge >= 0.3 is 0 Å². The van der Waals surface area contributed by atoms with Crippen molar-refractivity contribution in [2.75, 3.05) is 46.4 Å². The number of rotatable bonds is 5. The Bertz CT molecular complexity index is 801. The normalized spacial score (nSPS) is 20.9. The van der Waals surface area contributed by atoms with Gasteiger partial charge in [0.2, 0.25) is 5.91 Å². The van der Waals surface area contributed by atoms with Crippen molar-refractivity contribution in [1.29, 1.82) is 0 Å². The average Bonchev–Trinajstić information content (AvgIpc) is 3.26. The van der Waals surface area contributed by atoms with Crippen LogP contribution in [0.2, 0.25) is 0 Å². The first-order valence-corrected chi connectivity index (χ1v) is 9.92. The molecule has 144 valence electrons. The van der Waals surface area contributed by atoms with Gasteiger partial charge in [0.1, 0.15) is 5.75 Å². The van der Waals surface area contributed by atoms with Gasteiger partial charge in [0.05, 0.1) is 19.8 Å². The summed E-state index contributed by atoms with van der Waals surface area (Å²) in [6, 6.07) is 12.6. The molecule has 0 N–H and O–H groups in total. The van der Waals surface area contributed by atoms with Gasteiger partial charge in [-0.05, 0) is 47.4 Å². The van der Waals surface area contributed by atoms with Crippen molar-refractivity contribution in [3.8, 4) is 5.75 Å². The largest absolute Gasteiger partial charge is 0.497 e. The van der Waals surface area contributed by atoms with Gasteiger partial charge in [0, 0.05) is 39.1 Å². The van der Waals surface area contributed by atoms with Crippen LogP contribution >= 0.6 is 0 Å². The number of carbonyl (C=O) groups is 1. The molecule has 2 fully saturated rings. The lowest BCUT2D eigenvalue weighted by Crippen LogP contribution is -2.40. The van der Waals surface area contributed by atoms with E-state index in [0.29, 0.717) is 18.9 Å². The minimum absolute atomic E-state index is 0.0622. The highest BCUT2D eigenvalue weighted by Gasteiger charge is 2.24. The highest BCUT2D eigenvalue weighted by molar-refractivity contribution is 5.84. The molecular weight excluding hydrogens is 340 g/mol. The predicted molar refractivity (Wildman–Crippen MR) is 106 cm³/mol. The van der Waals surface area contributed by atoms with E-state index < -0.39 is 0 Å². The second-order valence-electron chi connectivity index (χ2n) is 7.47. The number of benzene rings is 2. The van der Waals surface area contributed by atoms with Crippen LogP contribution in [0.1, 0.15) is 30.9 Å². The molecule has 0 spiro atoms. The van der Waals surface area contributed by atoms with E-state index in [1.54, 1.807) is 7.11 Å². The molecule has 0 radical (unpaired) electrons. The lowest BCUT2D eigenvalue weighted by atomic mass is 10.0. The van der Waals surface area contributed by atoms with Gasteiger partial charge in [-0.25, -0.2) is 0 Å². The zero-order valence-corrected chi connectivity index (χ0v) is 16.0. The molecule has 2 heterocycles. The van der Waals surface area contributed by atoms with E-state index in [9.17, 15) is 4.79 Å². The van der Waals surface area contributed by atoms with Crippen molar-refractivity contribution < 1.29 is 14.3 Å². The van der Waals surface area contributed by atoms with Gasteiger partial charge in [0.15, 0.2) is 0 Å². The first-order chi connectivity index (χ1) is 13.2. The first-order valence-electron chi connectivity index (χ1n) is 9.92. The minimum atomic E-state index is 0.0622. The van der Waals surface area contributed by atoms with E-state index in [1.165, 1.54) is 16.3 Å². The van der Waals surface area contributed by atoms with E-state index in [-0.39, 0.29) is 6.10 Å². The molecule has 0 aliphatic carbocycles. The van der Waals surface area contributed by atoms with Crippen molar-refractivity contribution in [1.82, 2.24) is 9.80 Å². The number of nitrogens with zero attached hydrogens (tertiary/aromatic N) is 2. The Balaban J connectivity index is 1.38. The molecule has 1 atom stereocenters. The van der Waals surface area contributed by atoms with Crippen LogP contribution in [0.15, 0.2) is 36.4 Å². The zero-order valence-electron chi connectivity index (χ0n) is 16.0. The van der Waals surface area contributed by atoms with Gasteiger partial charge in [-0.1, -0.05) is 18.2 Å². The van der Waals surface area contributed by atoms with Crippen LogP contribution in [0, 0.1) is 0 Å². The predicted octanol–water partition coefficient (Wildman–Crippen LogP) is 3.23. The molecule has 5 heteroatoms. The van der Waals surface area contributed by atoms with Crippen molar-refractivity contribution in [2.45, 2.75) is 25.4 Å². The van der Waals surface area contributed by atoms with Crippen LogP contribution in [0.5, 0.6) is 5.75 Å². The molecule has 0 unspecified atom stereocenters. The summed E-state index contributed by atoms with van der Waals surface area (Å²) in [5.41, 5.74) is 1.20. The zero-order chi connectivity index (χ0) is 18.6. The van der Waals surface area contributed by atoms with E-state index in [0.717, 1.165) is 51.3 Å². The Morgan fingerprint density at radius 3 is 2.70 bits per heavy atom. The Labute approximate surface area is 160 Å². The molecule has 2 aliphatic rings. The van der Waals surface area contributed by atoms with E-state index in [2.05, 4.69) is 35.2 Å². The molecule has 0 saturated carbocycles. The fraction of sp³-hybridized carbons (Fsp3) is 0.500. The van der Waals surface area contributed by atoms with Crippen molar-refractivity contribution in [3.63, 3.8) is 0 Å². The summed E-state index contributed by atoms with van der Waals surface area (Å²) in [7, 11) is 1.69. The van der Waals surface area contributed by atoms with Crippen LogP contribution in [0.25, 0.3) is 10.8 Å². The SMILES string of the molecule is COc1ccc2cc([C@@H]3CN(CCC(=O)N4CCCC4)CCO3)ccc2c1. The minimum Gasteiger partial charge on any atom is -0.497 e. The van der Waals surface area contributed by atoms with Gasteiger partial charge in [-0.2, -0.15) is 0 Å². The van der Waals surface area contributed by atoms with Crippen LogP contribution in [-0.4, -0.2) is 62.1 Å². The monoisotopic (exact) mass is 368 g/mol. The summed E-state index contributed by atoms with van der Waals surface area (Å²) in [5.74, 6) is 1.17. The second-order valence-corrected chi connectivity index (χ2v) is 7.47. The molecule has 0 bridgehead atoms. The third kappa shape index (κ3) is 4.25. The topological polar surface area (TPSA) is 42.0 Å². The number of fused-ring (bicyclic) bond motifs is 1. The maximum Gasteiger partial charge on any atom is 0.223 e. The van der Waals surface area contributed by atoms with E-state index in [1.807, 2.05) is 11.0 Å². The number of ether oxygens (including phenoxy) is 2. The molecule has 5 nitrogen and oxygen atoms in total. The lowest BCUT2D eigenvalue weighted by molar-refractivity contribution is -0.131. The lowest BCUT2D eigenvalue weighted by Gasteiger charge is -2.33. The number of amides is 1. The summed E-state index contributed by atoms with van der Waals surface area (Å²) >= 11 is 0. The molecule has 2 saturated heterocycles. The summed E-state index contributed by atoms with van der Waals surface area (Å²) in [6.45, 7) is 5.14. The second kappa shape index (κ2) is 8.28. The summed E-state index contributed by atoms with van der Waals surface area (Å²) in [5, 5.41) is 2.36. The molecular formula is C22H28N2O3. The maximum atomic E-state index is 12.3. The summed E-state index contributed by atoms with van der Waals surface area (Å²) in [6.07, 6.45) is 2.98. The van der Waals surface area contributed by atoms with Crippen molar-refractivity contribution in [2.24, 2.45) is 0 Å². The summed E-state index contributed by atoms with van der Waals surface area (Å²) in [4.78, 5) is 16.7. The van der Waals surface area contributed by atoms with Crippen LogP contribution in [0.4, 0.5) is 0 Å². The smallest absolute Gasteiger partial charge is 0.223 e. The average molecular weight is 368 g/mol. The molecule has 1 amide bonds. The molecule has 2 aliphatic heterocycles. The number of carbonyl (C=O) groups excluding carboxylic acids is 1. The molecule has 27 heavy (non-hydrogen) atoms. The Hall–Kier alpha value is -2.11. The number of hydrogen-bond acceptors (Lipinski definition) is 4. The van der Waals surface area contributed by atoms with Gasteiger partial charge in [-0.3, -0.25) is 9.69 Å². The third-order valence-electron chi connectivity index (χ3n) is 5.69. The first kappa shape index (κ1) is 18.3. The standard InChI is InChI=1S/C22H28N2O3/c1-26-20-7-6-17-14-19(5-4-18(17)15-20)21-16-23(12-13-27-21)11-8-22(25)24-9-2-3-10-24/h4-7,14-15,21H,2-3,8-13,16H2,1H3/t21-/m0/s1. The van der Waals surface area contributed by atoms with Gasteiger partial charge in [0.25, 0.3) is 0 Å². The molecule has 0 aromatic heterocycles.